The predicted molar refractivity (Wildman–Crippen MR) is 64.9 cm³/mol. The van der Waals surface area contributed by atoms with Crippen LogP contribution in [0.3, 0.4) is 0 Å². The van der Waals surface area contributed by atoms with Crippen molar-refractivity contribution >= 4 is 5.69 Å². The third kappa shape index (κ3) is 2.15. The van der Waals surface area contributed by atoms with Gasteiger partial charge in [0.25, 0.3) is 0 Å². The molecule has 5 nitrogen and oxygen atoms in total. The molecule has 0 aliphatic carbocycles. The van der Waals surface area contributed by atoms with Crippen LogP contribution < -0.4 is 19.7 Å². The van der Waals surface area contributed by atoms with E-state index in [1.807, 2.05) is 6.07 Å². The van der Waals surface area contributed by atoms with Crippen LogP contribution in [0.25, 0.3) is 0 Å². The van der Waals surface area contributed by atoms with Crippen molar-refractivity contribution in [2.45, 2.75) is 12.5 Å². The minimum atomic E-state index is 0.246. The number of anilines is 1. The van der Waals surface area contributed by atoms with Gasteiger partial charge in [0, 0.05) is 19.7 Å². The van der Waals surface area contributed by atoms with Gasteiger partial charge in [-0.25, -0.2) is 4.98 Å². The number of ether oxygens (including phenoxy) is 2. The van der Waals surface area contributed by atoms with Crippen molar-refractivity contribution in [3.8, 4) is 11.6 Å². The van der Waals surface area contributed by atoms with Crippen molar-refractivity contribution in [1.29, 1.82) is 0 Å². The molecule has 17 heavy (non-hydrogen) atoms. The minimum Gasteiger partial charge on any atom is -0.488 e. The van der Waals surface area contributed by atoms with Gasteiger partial charge in [-0.2, -0.15) is 0 Å². The molecule has 1 aromatic rings. The quantitative estimate of drug-likeness (QED) is 0.815. The highest BCUT2D eigenvalue weighted by molar-refractivity contribution is 5.60. The number of hydrogen-bond donors (Lipinski definition) is 1. The van der Waals surface area contributed by atoms with Crippen molar-refractivity contribution in [3.63, 3.8) is 0 Å². The predicted octanol–water partition coefficient (Wildman–Crippen LogP) is 0.651. The summed E-state index contributed by atoms with van der Waals surface area (Å²) in [5.74, 6) is 1.53. The molecular formula is C12H17N3O2. The molecule has 0 aromatic carbocycles. The third-order valence-corrected chi connectivity index (χ3v) is 3.22. The highest BCUT2D eigenvalue weighted by Gasteiger charge is 2.20. The van der Waals surface area contributed by atoms with Crippen LogP contribution in [0.15, 0.2) is 12.3 Å². The highest BCUT2D eigenvalue weighted by Crippen LogP contribution is 2.32. The van der Waals surface area contributed by atoms with Crippen LogP contribution in [0.1, 0.15) is 6.42 Å². The fourth-order valence-corrected chi connectivity index (χ4v) is 2.20. The van der Waals surface area contributed by atoms with Crippen molar-refractivity contribution in [3.05, 3.63) is 12.3 Å². The zero-order valence-electron chi connectivity index (χ0n) is 9.98. The molecule has 2 aliphatic heterocycles. The van der Waals surface area contributed by atoms with Gasteiger partial charge < -0.3 is 19.7 Å². The number of nitrogens with zero attached hydrogens (tertiary/aromatic N) is 2. The van der Waals surface area contributed by atoms with E-state index in [0.29, 0.717) is 5.88 Å². The fraction of sp³-hybridized carbons (Fsp3) is 0.583. The Morgan fingerprint density at radius 1 is 1.59 bits per heavy atom. The van der Waals surface area contributed by atoms with Gasteiger partial charge in [0.15, 0.2) is 5.75 Å². The maximum Gasteiger partial charge on any atom is 0.215 e. The van der Waals surface area contributed by atoms with Crippen LogP contribution in [-0.2, 0) is 0 Å². The van der Waals surface area contributed by atoms with E-state index >= 15 is 0 Å². The lowest BCUT2D eigenvalue weighted by Crippen LogP contribution is -2.29. The molecule has 1 saturated heterocycles. The molecule has 3 rings (SSSR count). The molecule has 5 heteroatoms. The van der Waals surface area contributed by atoms with Gasteiger partial charge in [0.05, 0.1) is 18.4 Å². The lowest BCUT2D eigenvalue weighted by atomic mass is 10.3. The monoisotopic (exact) mass is 235 g/mol. The van der Waals surface area contributed by atoms with Crippen molar-refractivity contribution in [1.82, 2.24) is 10.3 Å². The molecule has 3 heterocycles. The Kier molecular flexibility index (Phi) is 2.76. The lowest BCUT2D eigenvalue weighted by molar-refractivity contribution is 0.213. The van der Waals surface area contributed by atoms with Crippen molar-refractivity contribution in [2.75, 3.05) is 38.2 Å². The Hall–Kier alpha value is -1.49. The van der Waals surface area contributed by atoms with E-state index in [0.717, 1.165) is 44.1 Å². The number of hydrogen-bond acceptors (Lipinski definition) is 5. The highest BCUT2D eigenvalue weighted by atomic mass is 16.5. The summed E-state index contributed by atoms with van der Waals surface area (Å²) in [6, 6.07) is 1.97. The first kappa shape index (κ1) is 10.7. The topological polar surface area (TPSA) is 46.6 Å². The SMILES string of the molecule is CN1CCOc2cnc(O[C@H]3CCNC3)cc21. The van der Waals surface area contributed by atoms with Gasteiger partial charge in [-0.05, 0) is 13.0 Å². The number of aromatic nitrogens is 1. The number of rotatable bonds is 2. The summed E-state index contributed by atoms with van der Waals surface area (Å²) in [6.07, 6.45) is 3.05. The average molecular weight is 235 g/mol. The Balaban J connectivity index is 1.79. The molecular weight excluding hydrogens is 218 g/mol. The molecule has 92 valence electrons. The van der Waals surface area contributed by atoms with Crippen LogP contribution in [0.5, 0.6) is 11.6 Å². The summed E-state index contributed by atoms with van der Waals surface area (Å²) in [5, 5.41) is 3.28. The summed E-state index contributed by atoms with van der Waals surface area (Å²) >= 11 is 0. The summed E-state index contributed by atoms with van der Waals surface area (Å²) in [6.45, 7) is 3.56. The average Bonchev–Trinajstić information content (AvgIpc) is 2.83. The van der Waals surface area contributed by atoms with Crippen LogP contribution >= 0.6 is 0 Å². The normalized spacial score (nSPS) is 23.1. The molecule has 2 aliphatic rings. The Bertz CT molecular complexity index is 405. The molecule has 1 atom stereocenters. The molecule has 0 amide bonds. The molecule has 0 bridgehead atoms. The van der Waals surface area contributed by atoms with E-state index < -0.39 is 0 Å². The lowest BCUT2D eigenvalue weighted by Gasteiger charge is -2.27. The maximum atomic E-state index is 5.83. The number of pyridine rings is 1. The molecule has 1 aromatic heterocycles. The summed E-state index contributed by atoms with van der Waals surface area (Å²) in [7, 11) is 2.06. The van der Waals surface area contributed by atoms with Gasteiger partial charge in [-0.1, -0.05) is 0 Å². The van der Waals surface area contributed by atoms with Crippen LogP contribution in [-0.4, -0.2) is 44.4 Å². The van der Waals surface area contributed by atoms with Crippen LogP contribution in [0.4, 0.5) is 5.69 Å². The Morgan fingerprint density at radius 3 is 3.35 bits per heavy atom. The first-order valence-corrected chi connectivity index (χ1v) is 6.04. The Labute approximate surface area is 101 Å². The van der Waals surface area contributed by atoms with E-state index in [2.05, 4.69) is 22.2 Å². The van der Waals surface area contributed by atoms with Crippen LogP contribution in [0.2, 0.25) is 0 Å². The van der Waals surface area contributed by atoms with Gasteiger partial charge in [0.1, 0.15) is 12.7 Å². The second kappa shape index (κ2) is 4.41. The number of fused-ring (bicyclic) bond motifs is 1. The summed E-state index contributed by atoms with van der Waals surface area (Å²) in [5.41, 5.74) is 1.06. The van der Waals surface area contributed by atoms with Crippen molar-refractivity contribution in [2.24, 2.45) is 0 Å². The summed E-state index contributed by atoms with van der Waals surface area (Å²) in [4.78, 5) is 6.46. The first-order valence-electron chi connectivity index (χ1n) is 6.04. The Morgan fingerprint density at radius 2 is 2.53 bits per heavy atom. The smallest absolute Gasteiger partial charge is 0.215 e. The fourth-order valence-electron chi connectivity index (χ4n) is 2.20. The minimum absolute atomic E-state index is 0.246. The van der Waals surface area contributed by atoms with E-state index in [1.165, 1.54) is 0 Å². The molecule has 1 fully saturated rings. The van der Waals surface area contributed by atoms with E-state index in [-0.39, 0.29) is 6.10 Å². The summed E-state index contributed by atoms with van der Waals surface area (Å²) < 4.78 is 11.4. The number of nitrogens with one attached hydrogen (secondary N) is 1. The van der Waals surface area contributed by atoms with Gasteiger partial charge in [-0.3, -0.25) is 0 Å². The van der Waals surface area contributed by atoms with Gasteiger partial charge >= 0.3 is 0 Å². The van der Waals surface area contributed by atoms with Crippen LogP contribution in [0, 0.1) is 0 Å². The second-order valence-electron chi connectivity index (χ2n) is 4.49. The third-order valence-electron chi connectivity index (χ3n) is 3.22. The molecule has 0 spiro atoms. The number of likely N-dealkylation sites (N-methyl/N-ethyl adjacent to an activating group) is 1. The molecule has 0 saturated carbocycles. The zero-order valence-corrected chi connectivity index (χ0v) is 9.98. The van der Waals surface area contributed by atoms with Crippen molar-refractivity contribution < 1.29 is 9.47 Å². The zero-order chi connectivity index (χ0) is 11.7. The second-order valence-corrected chi connectivity index (χ2v) is 4.49. The molecule has 1 N–H and O–H groups in total. The van der Waals surface area contributed by atoms with E-state index in [4.69, 9.17) is 9.47 Å². The molecule has 0 unspecified atom stereocenters. The van der Waals surface area contributed by atoms with E-state index in [9.17, 15) is 0 Å². The first-order chi connectivity index (χ1) is 8.33. The van der Waals surface area contributed by atoms with Gasteiger partial charge in [-0.15, -0.1) is 0 Å². The largest absolute Gasteiger partial charge is 0.488 e. The standard InChI is InChI=1S/C12H17N3O2/c1-15-4-5-16-11-8-14-12(6-10(11)15)17-9-2-3-13-7-9/h6,8-9,13H,2-5,7H2,1H3/t9-/m0/s1. The van der Waals surface area contributed by atoms with E-state index in [1.54, 1.807) is 6.20 Å². The van der Waals surface area contributed by atoms with Gasteiger partial charge in [0.2, 0.25) is 5.88 Å². The molecule has 0 radical (unpaired) electrons. The maximum absolute atomic E-state index is 5.83.